The smallest absolute Gasteiger partial charge is 0.169 e. The second kappa shape index (κ2) is 7.94. The van der Waals surface area contributed by atoms with Crippen LogP contribution >= 0.6 is 22.7 Å². The molecule has 0 aliphatic carbocycles. The average Bonchev–Trinajstić information content (AvgIpc) is 3.08. The summed E-state index contributed by atoms with van der Waals surface area (Å²) in [5.74, 6) is 0.163. The quantitative estimate of drug-likeness (QED) is 0.633. The van der Waals surface area contributed by atoms with Crippen molar-refractivity contribution >= 4 is 28.5 Å². The molecule has 0 spiro atoms. The SMILES string of the molecule is CC(=O)c1ccc(C(C)(C)C)s1.CC(N)c1ccc(C(C)(C)C)s1. The van der Waals surface area contributed by atoms with Crippen LogP contribution in [0.3, 0.4) is 0 Å². The van der Waals surface area contributed by atoms with Gasteiger partial charge >= 0.3 is 0 Å². The molecule has 134 valence electrons. The Morgan fingerprint density at radius 3 is 1.62 bits per heavy atom. The zero-order chi connectivity index (χ0) is 18.7. The number of ketones is 1. The van der Waals surface area contributed by atoms with E-state index in [1.54, 1.807) is 18.3 Å². The number of carbonyl (C=O) groups excluding carboxylic acids is 1. The summed E-state index contributed by atoms with van der Waals surface area (Å²) in [4.78, 5) is 15.8. The highest BCUT2D eigenvalue weighted by Gasteiger charge is 2.17. The molecule has 0 aliphatic heterocycles. The standard InChI is InChI=1S/C10H17NS.C10H14OS/c2*1-7(11)8-5-6-9(12-8)10(2,3)4/h5-7H,11H2,1-4H3;5-6H,1-4H3. The predicted octanol–water partition coefficient (Wildman–Crippen LogP) is 6.31. The number of carbonyl (C=O) groups is 1. The molecule has 4 heteroatoms. The van der Waals surface area contributed by atoms with Crippen LogP contribution in [-0.2, 0) is 10.8 Å². The largest absolute Gasteiger partial charge is 0.324 e. The van der Waals surface area contributed by atoms with Gasteiger partial charge in [-0.05, 0) is 48.9 Å². The van der Waals surface area contributed by atoms with Crippen molar-refractivity contribution in [1.29, 1.82) is 0 Å². The van der Waals surface area contributed by atoms with Crippen molar-refractivity contribution in [1.82, 2.24) is 0 Å². The van der Waals surface area contributed by atoms with Crippen molar-refractivity contribution in [2.45, 2.75) is 72.3 Å². The van der Waals surface area contributed by atoms with E-state index in [9.17, 15) is 4.79 Å². The number of hydrogen-bond donors (Lipinski definition) is 1. The van der Waals surface area contributed by atoms with Gasteiger partial charge in [-0.3, -0.25) is 4.79 Å². The van der Waals surface area contributed by atoms with Gasteiger partial charge in [0.25, 0.3) is 0 Å². The fourth-order valence-electron chi connectivity index (χ4n) is 1.93. The van der Waals surface area contributed by atoms with Crippen molar-refractivity contribution in [3.05, 3.63) is 43.8 Å². The van der Waals surface area contributed by atoms with E-state index in [1.807, 2.05) is 30.4 Å². The first kappa shape index (κ1) is 21.1. The number of rotatable bonds is 2. The Labute approximate surface area is 155 Å². The van der Waals surface area contributed by atoms with E-state index in [4.69, 9.17) is 5.73 Å². The van der Waals surface area contributed by atoms with Gasteiger partial charge in [0.05, 0.1) is 4.88 Å². The van der Waals surface area contributed by atoms with Crippen molar-refractivity contribution in [2.75, 3.05) is 0 Å². The van der Waals surface area contributed by atoms with Gasteiger partial charge in [-0.25, -0.2) is 0 Å². The molecular formula is C20H31NOS2. The zero-order valence-electron chi connectivity index (χ0n) is 16.2. The third-order valence-corrected chi connectivity index (χ3v) is 6.83. The minimum Gasteiger partial charge on any atom is -0.324 e. The summed E-state index contributed by atoms with van der Waals surface area (Å²) < 4.78 is 0. The molecule has 2 heterocycles. The maximum Gasteiger partial charge on any atom is 0.169 e. The fraction of sp³-hybridized carbons (Fsp3) is 0.550. The first-order valence-electron chi connectivity index (χ1n) is 8.29. The highest BCUT2D eigenvalue weighted by molar-refractivity contribution is 7.14. The number of Topliss-reactive ketones (excluding diaryl/α,β-unsaturated/α-hetero) is 1. The Bertz CT molecular complexity index is 666. The Balaban J connectivity index is 0.000000240. The maximum absolute atomic E-state index is 11.0. The number of thiophene rings is 2. The molecular weight excluding hydrogens is 334 g/mol. The maximum atomic E-state index is 11.0. The molecule has 2 N–H and O–H groups in total. The lowest BCUT2D eigenvalue weighted by Crippen LogP contribution is -2.08. The van der Waals surface area contributed by atoms with Gasteiger partial charge in [-0.2, -0.15) is 0 Å². The van der Waals surface area contributed by atoms with Crippen LogP contribution in [0.4, 0.5) is 0 Å². The molecule has 0 bridgehead atoms. The number of nitrogens with two attached hydrogens (primary N) is 1. The zero-order valence-corrected chi connectivity index (χ0v) is 17.8. The molecule has 2 rings (SSSR count). The fourth-order valence-corrected chi connectivity index (χ4v) is 3.91. The molecule has 2 aromatic heterocycles. The van der Waals surface area contributed by atoms with E-state index < -0.39 is 0 Å². The summed E-state index contributed by atoms with van der Waals surface area (Å²) >= 11 is 3.42. The van der Waals surface area contributed by atoms with Crippen LogP contribution in [0.1, 0.15) is 85.7 Å². The van der Waals surface area contributed by atoms with Gasteiger partial charge in [0, 0.05) is 20.7 Å². The Kier molecular flexibility index (Phi) is 6.97. The van der Waals surface area contributed by atoms with Crippen molar-refractivity contribution < 1.29 is 4.79 Å². The molecule has 2 nitrogen and oxygen atoms in total. The first-order chi connectivity index (χ1) is 10.8. The lowest BCUT2D eigenvalue weighted by Gasteiger charge is -2.15. The minimum atomic E-state index is 0.163. The van der Waals surface area contributed by atoms with E-state index in [-0.39, 0.29) is 22.7 Å². The molecule has 0 aromatic carbocycles. The summed E-state index contributed by atoms with van der Waals surface area (Å²) in [7, 11) is 0. The second-order valence-electron chi connectivity index (χ2n) is 8.21. The van der Waals surface area contributed by atoms with Crippen LogP contribution in [0.2, 0.25) is 0 Å². The van der Waals surface area contributed by atoms with Gasteiger partial charge in [0.1, 0.15) is 0 Å². The molecule has 0 amide bonds. The normalized spacial score (nSPS) is 13.2. The molecule has 24 heavy (non-hydrogen) atoms. The van der Waals surface area contributed by atoms with Crippen molar-refractivity contribution in [3.8, 4) is 0 Å². The van der Waals surface area contributed by atoms with Crippen LogP contribution in [-0.4, -0.2) is 5.78 Å². The van der Waals surface area contributed by atoms with E-state index >= 15 is 0 Å². The molecule has 1 atom stereocenters. The van der Waals surface area contributed by atoms with Crippen LogP contribution in [0, 0.1) is 0 Å². The summed E-state index contributed by atoms with van der Waals surface area (Å²) in [5.41, 5.74) is 6.21. The van der Waals surface area contributed by atoms with E-state index in [0.717, 1.165) is 4.88 Å². The summed E-state index contributed by atoms with van der Waals surface area (Å²) in [6.07, 6.45) is 0. The highest BCUT2D eigenvalue weighted by Crippen LogP contribution is 2.31. The summed E-state index contributed by atoms with van der Waals surface area (Å²) in [6.45, 7) is 16.8. The number of hydrogen-bond acceptors (Lipinski definition) is 4. The van der Waals surface area contributed by atoms with Crippen molar-refractivity contribution in [2.24, 2.45) is 5.73 Å². The van der Waals surface area contributed by atoms with Crippen LogP contribution in [0.5, 0.6) is 0 Å². The molecule has 1 unspecified atom stereocenters. The van der Waals surface area contributed by atoms with E-state index in [0.29, 0.717) is 0 Å². The van der Waals surface area contributed by atoms with Gasteiger partial charge in [0.2, 0.25) is 0 Å². The van der Waals surface area contributed by atoms with Crippen LogP contribution in [0.15, 0.2) is 24.3 Å². The van der Waals surface area contributed by atoms with Gasteiger partial charge in [0.15, 0.2) is 5.78 Å². The molecule has 0 saturated heterocycles. The van der Waals surface area contributed by atoms with E-state index in [2.05, 4.69) is 53.7 Å². The molecule has 0 saturated carbocycles. The van der Waals surface area contributed by atoms with Crippen LogP contribution < -0.4 is 5.73 Å². The Morgan fingerprint density at radius 2 is 1.38 bits per heavy atom. The third kappa shape index (κ3) is 6.15. The Hall–Kier alpha value is -0.970. The molecule has 0 radical (unpaired) electrons. The monoisotopic (exact) mass is 365 g/mol. The predicted molar refractivity (Wildman–Crippen MR) is 109 cm³/mol. The summed E-state index contributed by atoms with van der Waals surface area (Å²) in [5, 5.41) is 0. The summed E-state index contributed by atoms with van der Waals surface area (Å²) in [6, 6.07) is 8.44. The van der Waals surface area contributed by atoms with Gasteiger partial charge in [-0.15, -0.1) is 22.7 Å². The first-order valence-corrected chi connectivity index (χ1v) is 9.92. The van der Waals surface area contributed by atoms with Gasteiger partial charge in [-0.1, -0.05) is 41.5 Å². The van der Waals surface area contributed by atoms with Gasteiger partial charge < -0.3 is 5.73 Å². The van der Waals surface area contributed by atoms with Crippen LogP contribution in [0.25, 0.3) is 0 Å². The minimum absolute atomic E-state index is 0.163. The second-order valence-corrected chi connectivity index (χ2v) is 10.4. The van der Waals surface area contributed by atoms with E-state index in [1.165, 1.54) is 14.6 Å². The molecule has 2 aromatic rings. The lowest BCUT2D eigenvalue weighted by atomic mass is 9.95. The molecule has 0 fully saturated rings. The van der Waals surface area contributed by atoms with Crippen molar-refractivity contribution in [3.63, 3.8) is 0 Å². The topological polar surface area (TPSA) is 43.1 Å². The Morgan fingerprint density at radius 1 is 0.917 bits per heavy atom. The molecule has 0 aliphatic rings. The average molecular weight is 366 g/mol. The third-order valence-electron chi connectivity index (χ3n) is 3.51. The highest BCUT2D eigenvalue weighted by atomic mass is 32.1. The lowest BCUT2D eigenvalue weighted by molar-refractivity contribution is 0.102.